The van der Waals surface area contributed by atoms with Crippen LogP contribution in [0.4, 0.5) is 11.4 Å². The van der Waals surface area contributed by atoms with E-state index in [1.807, 2.05) is 0 Å². The molecule has 0 bridgehead atoms. The Bertz CT molecular complexity index is 1010. The normalized spacial score (nSPS) is 15.6. The van der Waals surface area contributed by atoms with Crippen LogP contribution in [0.3, 0.4) is 0 Å². The molecule has 1 aliphatic rings. The fourth-order valence-corrected chi connectivity index (χ4v) is 3.48. The molecule has 1 aliphatic heterocycles. The summed E-state index contributed by atoms with van der Waals surface area (Å²) in [5, 5.41) is 3.45. The lowest BCUT2D eigenvalue weighted by molar-refractivity contribution is -0.154. The van der Waals surface area contributed by atoms with Gasteiger partial charge in [-0.1, -0.05) is 35.3 Å². The van der Waals surface area contributed by atoms with Gasteiger partial charge in [0.15, 0.2) is 12.7 Å². The van der Waals surface area contributed by atoms with E-state index in [1.165, 1.54) is 24.0 Å². The SMILES string of the molecule is CC(Oc1ccc(Cl)cc1Cl)C(=O)OCC(=O)N1c2ccccc2NC(=O)C1(C)C. The lowest BCUT2D eigenvalue weighted by Gasteiger charge is -2.41. The first-order valence-electron chi connectivity index (χ1n) is 9.13. The predicted molar refractivity (Wildman–Crippen MR) is 114 cm³/mol. The van der Waals surface area contributed by atoms with Gasteiger partial charge in [0.2, 0.25) is 5.91 Å². The van der Waals surface area contributed by atoms with E-state index in [0.717, 1.165) is 0 Å². The zero-order valence-electron chi connectivity index (χ0n) is 16.6. The molecule has 1 atom stereocenters. The van der Waals surface area contributed by atoms with Gasteiger partial charge in [0.1, 0.15) is 11.3 Å². The number of para-hydroxylation sites is 2. The average Bonchev–Trinajstić information content (AvgIpc) is 2.68. The minimum Gasteiger partial charge on any atom is -0.477 e. The largest absolute Gasteiger partial charge is 0.477 e. The van der Waals surface area contributed by atoms with Gasteiger partial charge in [0.25, 0.3) is 5.91 Å². The first kappa shape index (κ1) is 21.9. The van der Waals surface area contributed by atoms with E-state index in [4.69, 9.17) is 32.7 Å². The van der Waals surface area contributed by atoms with Crippen LogP contribution >= 0.6 is 23.2 Å². The number of halogens is 2. The first-order chi connectivity index (χ1) is 14.1. The molecule has 3 rings (SSSR count). The first-order valence-corrected chi connectivity index (χ1v) is 9.88. The van der Waals surface area contributed by atoms with E-state index < -0.39 is 30.1 Å². The smallest absolute Gasteiger partial charge is 0.347 e. The van der Waals surface area contributed by atoms with Crippen molar-refractivity contribution in [1.29, 1.82) is 0 Å². The summed E-state index contributed by atoms with van der Waals surface area (Å²) in [4.78, 5) is 39.0. The molecule has 1 N–H and O–H groups in total. The summed E-state index contributed by atoms with van der Waals surface area (Å²) in [6.07, 6.45) is -1.01. The van der Waals surface area contributed by atoms with Crippen molar-refractivity contribution in [1.82, 2.24) is 0 Å². The van der Waals surface area contributed by atoms with Crippen molar-refractivity contribution >= 4 is 52.4 Å². The zero-order chi connectivity index (χ0) is 22.1. The number of benzene rings is 2. The molecular formula is C21H20Cl2N2O5. The summed E-state index contributed by atoms with van der Waals surface area (Å²) in [5.41, 5.74) is -0.118. The van der Waals surface area contributed by atoms with Gasteiger partial charge in [-0.25, -0.2) is 4.79 Å². The number of carbonyl (C=O) groups excluding carboxylic acids is 3. The molecule has 0 spiro atoms. The third-order valence-electron chi connectivity index (χ3n) is 4.62. The summed E-state index contributed by atoms with van der Waals surface area (Å²) >= 11 is 11.9. The highest BCUT2D eigenvalue weighted by Gasteiger charge is 2.43. The van der Waals surface area contributed by atoms with Crippen LogP contribution in [0.2, 0.25) is 10.0 Å². The Morgan fingerprint density at radius 1 is 1.17 bits per heavy atom. The standard InChI is InChI=1S/C21H20Cl2N2O5/c1-12(30-17-9-8-13(22)10-14(17)23)19(27)29-11-18(26)25-16-7-5-4-6-15(16)24-20(28)21(25,2)3/h4-10,12H,11H2,1-3H3,(H,24,28). The maximum absolute atomic E-state index is 12.9. The Balaban J connectivity index is 1.68. The second kappa shape index (κ2) is 8.53. The second-order valence-electron chi connectivity index (χ2n) is 7.20. The molecule has 2 aromatic rings. The minimum atomic E-state index is -1.16. The Morgan fingerprint density at radius 2 is 1.87 bits per heavy atom. The van der Waals surface area contributed by atoms with Crippen LogP contribution < -0.4 is 15.0 Å². The van der Waals surface area contributed by atoms with Crippen LogP contribution in [-0.4, -0.2) is 36.0 Å². The van der Waals surface area contributed by atoms with Gasteiger partial charge in [-0.3, -0.25) is 14.5 Å². The van der Waals surface area contributed by atoms with Crippen LogP contribution in [0.15, 0.2) is 42.5 Å². The van der Waals surface area contributed by atoms with Crippen molar-refractivity contribution in [2.45, 2.75) is 32.4 Å². The molecule has 9 heteroatoms. The van der Waals surface area contributed by atoms with Crippen LogP contribution in [-0.2, 0) is 19.1 Å². The number of fused-ring (bicyclic) bond motifs is 1. The van der Waals surface area contributed by atoms with Gasteiger partial charge in [-0.05, 0) is 51.1 Å². The average molecular weight is 451 g/mol. The third kappa shape index (κ3) is 4.37. The highest BCUT2D eigenvalue weighted by molar-refractivity contribution is 6.35. The van der Waals surface area contributed by atoms with Gasteiger partial charge in [-0.15, -0.1) is 0 Å². The highest BCUT2D eigenvalue weighted by Crippen LogP contribution is 2.36. The fourth-order valence-electron chi connectivity index (χ4n) is 3.02. The third-order valence-corrected chi connectivity index (χ3v) is 5.16. The number of nitrogens with zero attached hydrogens (tertiary/aromatic N) is 1. The van der Waals surface area contributed by atoms with E-state index >= 15 is 0 Å². The number of rotatable bonds is 5. The fraction of sp³-hybridized carbons (Fsp3) is 0.286. The Hall–Kier alpha value is -2.77. The number of carbonyl (C=O) groups is 3. The summed E-state index contributed by atoms with van der Waals surface area (Å²) < 4.78 is 10.6. The maximum atomic E-state index is 12.9. The quantitative estimate of drug-likeness (QED) is 0.693. The van der Waals surface area contributed by atoms with Crippen LogP contribution in [0.25, 0.3) is 0 Å². The molecule has 2 amide bonds. The molecule has 0 saturated carbocycles. The van der Waals surface area contributed by atoms with E-state index in [1.54, 1.807) is 44.2 Å². The molecule has 2 aromatic carbocycles. The molecule has 0 fully saturated rings. The van der Waals surface area contributed by atoms with Crippen LogP contribution in [0, 0.1) is 0 Å². The van der Waals surface area contributed by atoms with Gasteiger partial charge in [0, 0.05) is 5.02 Å². The lowest BCUT2D eigenvalue weighted by Crippen LogP contribution is -2.59. The molecule has 0 radical (unpaired) electrons. The van der Waals surface area contributed by atoms with Crippen molar-refractivity contribution in [3.63, 3.8) is 0 Å². The van der Waals surface area contributed by atoms with Crippen LogP contribution in [0.1, 0.15) is 20.8 Å². The zero-order valence-corrected chi connectivity index (χ0v) is 18.1. The summed E-state index contributed by atoms with van der Waals surface area (Å²) in [5.74, 6) is -1.36. The number of hydrogen-bond donors (Lipinski definition) is 1. The van der Waals surface area contributed by atoms with Crippen molar-refractivity contribution in [2.24, 2.45) is 0 Å². The molecule has 1 unspecified atom stereocenters. The number of esters is 1. The molecule has 0 saturated heterocycles. The van der Waals surface area contributed by atoms with Crippen molar-refractivity contribution in [2.75, 3.05) is 16.8 Å². The second-order valence-corrected chi connectivity index (χ2v) is 8.05. The van der Waals surface area contributed by atoms with Crippen molar-refractivity contribution in [3.05, 3.63) is 52.5 Å². The van der Waals surface area contributed by atoms with E-state index in [0.29, 0.717) is 16.4 Å². The predicted octanol–water partition coefficient (Wildman–Crippen LogP) is 4.07. The van der Waals surface area contributed by atoms with Crippen molar-refractivity contribution < 1.29 is 23.9 Å². The van der Waals surface area contributed by atoms with Gasteiger partial charge in [0.05, 0.1) is 16.4 Å². The number of anilines is 2. The molecule has 30 heavy (non-hydrogen) atoms. The molecule has 1 heterocycles. The molecule has 0 aliphatic carbocycles. The van der Waals surface area contributed by atoms with E-state index in [9.17, 15) is 14.4 Å². The van der Waals surface area contributed by atoms with Gasteiger partial charge in [-0.2, -0.15) is 0 Å². The Labute approximate surface area is 183 Å². The molecule has 0 aromatic heterocycles. The maximum Gasteiger partial charge on any atom is 0.347 e. The lowest BCUT2D eigenvalue weighted by atomic mass is 9.96. The number of amides is 2. The minimum absolute atomic E-state index is 0.246. The molecular weight excluding hydrogens is 431 g/mol. The summed E-state index contributed by atoms with van der Waals surface area (Å²) in [6, 6.07) is 11.5. The molecule has 158 valence electrons. The topological polar surface area (TPSA) is 84.9 Å². The molecule has 7 nitrogen and oxygen atoms in total. The summed E-state index contributed by atoms with van der Waals surface area (Å²) in [7, 11) is 0. The van der Waals surface area contributed by atoms with Gasteiger partial charge >= 0.3 is 5.97 Å². The number of nitrogens with one attached hydrogen (secondary N) is 1. The number of hydrogen-bond acceptors (Lipinski definition) is 5. The van der Waals surface area contributed by atoms with Crippen molar-refractivity contribution in [3.8, 4) is 5.75 Å². The van der Waals surface area contributed by atoms with E-state index in [2.05, 4.69) is 5.32 Å². The number of ether oxygens (including phenoxy) is 2. The van der Waals surface area contributed by atoms with Crippen LogP contribution in [0.5, 0.6) is 5.75 Å². The Kier molecular flexibility index (Phi) is 6.24. The summed E-state index contributed by atoms with van der Waals surface area (Å²) in [6.45, 7) is 4.16. The Morgan fingerprint density at radius 3 is 2.57 bits per heavy atom. The highest BCUT2D eigenvalue weighted by atomic mass is 35.5. The van der Waals surface area contributed by atoms with E-state index in [-0.39, 0.29) is 16.7 Å². The monoisotopic (exact) mass is 450 g/mol. The van der Waals surface area contributed by atoms with Gasteiger partial charge < -0.3 is 14.8 Å².